The van der Waals surface area contributed by atoms with E-state index in [2.05, 4.69) is 24.4 Å². The fourth-order valence-electron chi connectivity index (χ4n) is 3.61. The van der Waals surface area contributed by atoms with Crippen LogP contribution in [-0.4, -0.2) is 42.9 Å². The number of methoxy groups -OCH3 is 1. The SMILES string of the molecule is COc1ccc(C[C@H](C)N[C@H]2CCO[C@@]3(CCSC3)C2)cc1. The van der Waals surface area contributed by atoms with Crippen LogP contribution in [0, 0.1) is 0 Å². The van der Waals surface area contributed by atoms with Crippen LogP contribution in [0.3, 0.4) is 0 Å². The lowest BCUT2D eigenvalue weighted by Crippen LogP contribution is -2.49. The van der Waals surface area contributed by atoms with Crippen molar-refractivity contribution in [2.45, 2.75) is 50.3 Å². The summed E-state index contributed by atoms with van der Waals surface area (Å²) in [4.78, 5) is 0. The molecule has 0 aliphatic carbocycles. The first-order valence-electron chi connectivity index (χ1n) is 8.30. The molecule has 1 N–H and O–H groups in total. The quantitative estimate of drug-likeness (QED) is 0.902. The third-order valence-corrected chi connectivity index (χ3v) is 6.00. The Hall–Kier alpha value is -0.710. The van der Waals surface area contributed by atoms with E-state index in [0.717, 1.165) is 25.2 Å². The van der Waals surface area contributed by atoms with Crippen LogP contribution in [0.2, 0.25) is 0 Å². The third-order valence-electron chi connectivity index (χ3n) is 4.78. The molecule has 0 radical (unpaired) electrons. The number of hydrogen-bond donors (Lipinski definition) is 1. The zero-order valence-corrected chi connectivity index (χ0v) is 14.5. The molecule has 2 aliphatic rings. The zero-order chi connectivity index (χ0) is 15.4. The predicted molar refractivity (Wildman–Crippen MR) is 92.9 cm³/mol. The zero-order valence-electron chi connectivity index (χ0n) is 13.6. The maximum Gasteiger partial charge on any atom is 0.118 e. The molecule has 2 fully saturated rings. The van der Waals surface area contributed by atoms with Crippen molar-refractivity contribution in [3.05, 3.63) is 29.8 Å². The van der Waals surface area contributed by atoms with Gasteiger partial charge in [0, 0.05) is 24.4 Å². The van der Waals surface area contributed by atoms with Crippen LogP contribution >= 0.6 is 11.8 Å². The first kappa shape index (κ1) is 16.2. The molecule has 1 aromatic carbocycles. The highest BCUT2D eigenvalue weighted by Crippen LogP contribution is 2.38. The molecule has 3 atom stereocenters. The molecule has 3 nitrogen and oxygen atoms in total. The summed E-state index contributed by atoms with van der Waals surface area (Å²) >= 11 is 2.04. The van der Waals surface area contributed by atoms with Crippen LogP contribution in [0.1, 0.15) is 31.7 Å². The number of benzene rings is 1. The second-order valence-electron chi connectivity index (χ2n) is 6.64. The summed E-state index contributed by atoms with van der Waals surface area (Å²) in [6.07, 6.45) is 4.60. The number of nitrogens with one attached hydrogen (secondary N) is 1. The van der Waals surface area contributed by atoms with E-state index in [9.17, 15) is 0 Å². The molecule has 1 spiro atoms. The molecule has 2 heterocycles. The summed E-state index contributed by atoms with van der Waals surface area (Å²) in [7, 11) is 1.71. The average molecular weight is 321 g/mol. The Bertz CT molecular complexity index is 470. The van der Waals surface area contributed by atoms with E-state index in [-0.39, 0.29) is 5.60 Å². The Morgan fingerprint density at radius 2 is 2.23 bits per heavy atom. The average Bonchev–Trinajstić information content (AvgIpc) is 2.95. The van der Waals surface area contributed by atoms with Crippen molar-refractivity contribution in [2.75, 3.05) is 25.2 Å². The van der Waals surface area contributed by atoms with Gasteiger partial charge in [-0.1, -0.05) is 12.1 Å². The van der Waals surface area contributed by atoms with E-state index >= 15 is 0 Å². The van der Waals surface area contributed by atoms with Gasteiger partial charge in [0.25, 0.3) is 0 Å². The fourth-order valence-corrected chi connectivity index (χ4v) is 4.99. The summed E-state index contributed by atoms with van der Waals surface area (Å²) in [5.41, 5.74) is 1.53. The predicted octanol–water partition coefficient (Wildman–Crippen LogP) is 3.27. The lowest BCUT2D eigenvalue weighted by atomic mass is 9.89. The topological polar surface area (TPSA) is 30.5 Å². The lowest BCUT2D eigenvalue weighted by Gasteiger charge is -2.39. The largest absolute Gasteiger partial charge is 0.497 e. The normalized spacial score (nSPS) is 29.6. The van der Waals surface area contributed by atoms with Gasteiger partial charge in [-0.2, -0.15) is 11.8 Å². The highest BCUT2D eigenvalue weighted by molar-refractivity contribution is 7.99. The van der Waals surface area contributed by atoms with Gasteiger partial charge in [0.1, 0.15) is 5.75 Å². The van der Waals surface area contributed by atoms with Crippen LogP contribution in [0.4, 0.5) is 0 Å². The number of thioether (sulfide) groups is 1. The second-order valence-corrected chi connectivity index (χ2v) is 7.75. The maximum absolute atomic E-state index is 6.11. The van der Waals surface area contributed by atoms with Gasteiger partial charge in [0.2, 0.25) is 0 Å². The van der Waals surface area contributed by atoms with Crippen molar-refractivity contribution < 1.29 is 9.47 Å². The number of ether oxygens (including phenoxy) is 2. The molecule has 3 rings (SSSR count). The van der Waals surface area contributed by atoms with Crippen LogP contribution in [-0.2, 0) is 11.2 Å². The van der Waals surface area contributed by atoms with Gasteiger partial charge < -0.3 is 14.8 Å². The minimum Gasteiger partial charge on any atom is -0.497 e. The minimum atomic E-state index is 0.167. The smallest absolute Gasteiger partial charge is 0.118 e. The van der Waals surface area contributed by atoms with E-state index in [1.807, 2.05) is 23.9 Å². The standard InChI is InChI=1S/C18H27NO2S/c1-14(11-15-3-5-17(20-2)6-4-15)19-16-7-9-21-18(12-16)8-10-22-13-18/h3-6,14,16,19H,7-13H2,1-2H3/t14-,16-,18-/m0/s1. The van der Waals surface area contributed by atoms with Crippen LogP contribution < -0.4 is 10.1 Å². The molecular weight excluding hydrogens is 294 g/mol. The third kappa shape index (κ3) is 3.98. The van der Waals surface area contributed by atoms with E-state index < -0.39 is 0 Å². The molecule has 0 aromatic heterocycles. The van der Waals surface area contributed by atoms with E-state index in [4.69, 9.17) is 9.47 Å². The van der Waals surface area contributed by atoms with Gasteiger partial charge in [-0.25, -0.2) is 0 Å². The Morgan fingerprint density at radius 1 is 1.41 bits per heavy atom. The number of rotatable bonds is 5. The summed E-state index contributed by atoms with van der Waals surface area (Å²) in [5.74, 6) is 3.36. The molecule has 0 amide bonds. The summed E-state index contributed by atoms with van der Waals surface area (Å²) in [6.45, 7) is 3.20. The maximum atomic E-state index is 6.11. The summed E-state index contributed by atoms with van der Waals surface area (Å²) in [6, 6.07) is 9.50. The molecule has 2 saturated heterocycles. The van der Waals surface area contributed by atoms with Crippen LogP contribution in [0.25, 0.3) is 0 Å². The first-order valence-corrected chi connectivity index (χ1v) is 9.45. The Balaban J connectivity index is 1.51. The van der Waals surface area contributed by atoms with Crippen molar-refractivity contribution in [1.82, 2.24) is 5.32 Å². The van der Waals surface area contributed by atoms with E-state index in [0.29, 0.717) is 12.1 Å². The van der Waals surface area contributed by atoms with E-state index in [1.54, 1.807) is 7.11 Å². The van der Waals surface area contributed by atoms with Crippen LogP contribution in [0.5, 0.6) is 5.75 Å². The highest BCUT2D eigenvalue weighted by Gasteiger charge is 2.40. The van der Waals surface area contributed by atoms with E-state index in [1.165, 1.54) is 29.9 Å². The van der Waals surface area contributed by atoms with Gasteiger partial charge >= 0.3 is 0 Å². The van der Waals surface area contributed by atoms with Gasteiger partial charge in [-0.15, -0.1) is 0 Å². The lowest BCUT2D eigenvalue weighted by molar-refractivity contribution is -0.0711. The van der Waals surface area contributed by atoms with Crippen molar-refractivity contribution in [3.8, 4) is 5.75 Å². The Kier molecular flexibility index (Phi) is 5.32. The first-order chi connectivity index (χ1) is 10.7. The summed E-state index contributed by atoms with van der Waals surface area (Å²) in [5, 5.41) is 3.83. The molecule has 0 unspecified atom stereocenters. The van der Waals surface area contributed by atoms with Crippen molar-refractivity contribution in [1.29, 1.82) is 0 Å². The molecule has 0 saturated carbocycles. The van der Waals surface area contributed by atoms with Gasteiger partial charge in [0.05, 0.1) is 12.7 Å². The summed E-state index contributed by atoms with van der Waals surface area (Å²) < 4.78 is 11.3. The monoisotopic (exact) mass is 321 g/mol. The van der Waals surface area contributed by atoms with Crippen molar-refractivity contribution >= 4 is 11.8 Å². The van der Waals surface area contributed by atoms with Crippen molar-refractivity contribution in [2.24, 2.45) is 0 Å². The number of hydrogen-bond acceptors (Lipinski definition) is 4. The molecule has 0 bridgehead atoms. The second kappa shape index (κ2) is 7.24. The molecule has 1 aromatic rings. The Labute approximate surface area is 138 Å². The molecule has 2 aliphatic heterocycles. The van der Waals surface area contributed by atoms with Crippen LogP contribution in [0.15, 0.2) is 24.3 Å². The minimum absolute atomic E-state index is 0.167. The van der Waals surface area contributed by atoms with Crippen molar-refractivity contribution in [3.63, 3.8) is 0 Å². The fraction of sp³-hybridized carbons (Fsp3) is 0.667. The Morgan fingerprint density at radius 3 is 2.91 bits per heavy atom. The van der Waals surface area contributed by atoms with Gasteiger partial charge in [0.15, 0.2) is 0 Å². The molecule has 122 valence electrons. The molecular formula is C18H27NO2S. The van der Waals surface area contributed by atoms with Gasteiger partial charge in [-0.3, -0.25) is 0 Å². The highest BCUT2D eigenvalue weighted by atomic mass is 32.2. The molecule has 22 heavy (non-hydrogen) atoms. The van der Waals surface area contributed by atoms with Gasteiger partial charge in [-0.05, 0) is 56.1 Å². The molecule has 4 heteroatoms.